The lowest BCUT2D eigenvalue weighted by atomic mass is 9.88. The van der Waals surface area contributed by atoms with Crippen LogP contribution < -0.4 is 5.06 Å². The highest BCUT2D eigenvalue weighted by Gasteiger charge is 2.49. The molecule has 2 unspecified atom stereocenters. The number of hydrogen-bond acceptors (Lipinski definition) is 5. The first kappa shape index (κ1) is 15.4. The van der Waals surface area contributed by atoms with Gasteiger partial charge in [-0.3, -0.25) is 4.84 Å². The standard InChI is InChI=1S/C19H19NO4/c1-23-19(22)17(21)11-16-14-9-4-3-7-12(14)13-8-5-6-10-15(13)18(16)20(19)24-2/h3-10,17,21-22H,11H2,1-2H3. The number of hydroxylamine groups is 1. The highest BCUT2D eigenvalue weighted by molar-refractivity contribution is 6.15. The fourth-order valence-corrected chi connectivity index (χ4v) is 3.70. The molecule has 1 heterocycles. The van der Waals surface area contributed by atoms with Crippen molar-refractivity contribution in [3.63, 3.8) is 0 Å². The van der Waals surface area contributed by atoms with Crippen LogP contribution in [0.4, 0.5) is 5.69 Å². The summed E-state index contributed by atoms with van der Waals surface area (Å²) in [6.07, 6.45) is -0.871. The van der Waals surface area contributed by atoms with Gasteiger partial charge in [0.25, 0.3) is 5.91 Å². The third-order valence-corrected chi connectivity index (χ3v) is 4.82. The molecule has 0 aliphatic carbocycles. The van der Waals surface area contributed by atoms with E-state index >= 15 is 0 Å². The lowest BCUT2D eigenvalue weighted by molar-refractivity contribution is -0.277. The van der Waals surface area contributed by atoms with Gasteiger partial charge in [0.1, 0.15) is 6.10 Å². The van der Waals surface area contributed by atoms with Crippen molar-refractivity contribution in [2.24, 2.45) is 0 Å². The largest absolute Gasteiger partial charge is 0.385 e. The molecule has 0 bridgehead atoms. The van der Waals surface area contributed by atoms with Gasteiger partial charge >= 0.3 is 0 Å². The van der Waals surface area contributed by atoms with Crippen molar-refractivity contribution in [2.45, 2.75) is 18.4 Å². The van der Waals surface area contributed by atoms with E-state index in [0.29, 0.717) is 0 Å². The summed E-state index contributed by atoms with van der Waals surface area (Å²) in [5.74, 6) is -1.94. The van der Waals surface area contributed by atoms with Gasteiger partial charge in [-0.15, -0.1) is 0 Å². The molecule has 24 heavy (non-hydrogen) atoms. The average Bonchev–Trinajstić information content (AvgIpc) is 2.63. The third-order valence-electron chi connectivity index (χ3n) is 4.82. The van der Waals surface area contributed by atoms with Crippen LogP contribution in [0.5, 0.6) is 0 Å². The monoisotopic (exact) mass is 325 g/mol. The predicted octanol–water partition coefficient (Wildman–Crippen LogP) is 2.57. The first-order valence-corrected chi connectivity index (χ1v) is 7.84. The normalized spacial score (nSPS) is 23.7. The van der Waals surface area contributed by atoms with Crippen LogP contribution in [0.15, 0.2) is 48.5 Å². The Balaban J connectivity index is 2.18. The number of aliphatic hydroxyl groups is 2. The molecule has 0 saturated heterocycles. The molecule has 2 atom stereocenters. The molecule has 1 aliphatic rings. The van der Waals surface area contributed by atoms with Crippen LogP contribution in [-0.2, 0) is 16.0 Å². The van der Waals surface area contributed by atoms with Gasteiger partial charge in [-0.2, -0.15) is 5.06 Å². The van der Waals surface area contributed by atoms with Crippen molar-refractivity contribution in [1.29, 1.82) is 0 Å². The zero-order valence-corrected chi connectivity index (χ0v) is 13.6. The fraction of sp³-hybridized carbons (Fsp3) is 0.263. The molecular formula is C19H19NO4. The predicted molar refractivity (Wildman–Crippen MR) is 92.6 cm³/mol. The molecule has 2 N–H and O–H groups in total. The number of nitrogens with zero attached hydrogens (tertiary/aromatic N) is 1. The molecule has 4 rings (SSSR count). The van der Waals surface area contributed by atoms with Gasteiger partial charge in [0, 0.05) is 18.9 Å². The van der Waals surface area contributed by atoms with Gasteiger partial charge in [0.05, 0.1) is 12.8 Å². The van der Waals surface area contributed by atoms with Gasteiger partial charge in [-0.05, 0) is 21.7 Å². The summed E-state index contributed by atoms with van der Waals surface area (Å²) >= 11 is 0. The van der Waals surface area contributed by atoms with Gasteiger partial charge in [0.15, 0.2) is 0 Å². The highest BCUT2D eigenvalue weighted by Crippen LogP contribution is 2.45. The Morgan fingerprint density at radius 3 is 2.08 bits per heavy atom. The molecule has 0 saturated carbocycles. The molecule has 0 amide bonds. The Morgan fingerprint density at radius 1 is 0.958 bits per heavy atom. The van der Waals surface area contributed by atoms with E-state index in [0.717, 1.165) is 32.8 Å². The second-order valence-corrected chi connectivity index (χ2v) is 5.98. The minimum atomic E-state index is -1.94. The van der Waals surface area contributed by atoms with Gasteiger partial charge < -0.3 is 14.9 Å². The second-order valence-electron chi connectivity index (χ2n) is 5.98. The molecular weight excluding hydrogens is 306 g/mol. The Kier molecular flexibility index (Phi) is 3.47. The maximum atomic E-state index is 10.8. The van der Waals surface area contributed by atoms with Crippen LogP contribution in [0, 0.1) is 0 Å². The van der Waals surface area contributed by atoms with Crippen molar-refractivity contribution >= 4 is 27.2 Å². The molecule has 5 heteroatoms. The summed E-state index contributed by atoms with van der Waals surface area (Å²) in [6, 6.07) is 16.0. The molecule has 3 aromatic rings. The molecule has 0 spiro atoms. The summed E-state index contributed by atoms with van der Waals surface area (Å²) < 4.78 is 5.22. The SMILES string of the molecule is CON1c2c(c3ccccc3c3ccccc23)CC(O)C1(O)OC. The lowest BCUT2D eigenvalue weighted by Gasteiger charge is -2.45. The first-order chi connectivity index (χ1) is 11.6. The number of methoxy groups -OCH3 is 1. The number of rotatable bonds is 2. The van der Waals surface area contributed by atoms with Crippen LogP contribution in [0.3, 0.4) is 0 Å². The number of benzene rings is 3. The fourth-order valence-electron chi connectivity index (χ4n) is 3.70. The molecule has 124 valence electrons. The van der Waals surface area contributed by atoms with Crippen LogP contribution in [0.2, 0.25) is 0 Å². The smallest absolute Gasteiger partial charge is 0.299 e. The molecule has 0 aromatic heterocycles. The van der Waals surface area contributed by atoms with E-state index in [2.05, 4.69) is 6.07 Å². The van der Waals surface area contributed by atoms with Crippen molar-refractivity contribution < 1.29 is 19.8 Å². The Bertz CT molecular complexity index is 926. The molecule has 3 aromatic carbocycles. The topological polar surface area (TPSA) is 62.2 Å². The van der Waals surface area contributed by atoms with Crippen molar-refractivity contribution in [1.82, 2.24) is 0 Å². The van der Waals surface area contributed by atoms with E-state index in [1.165, 1.54) is 19.3 Å². The van der Waals surface area contributed by atoms with Crippen LogP contribution in [0.25, 0.3) is 21.5 Å². The molecule has 0 fully saturated rings. The molecule has 1 aliphatic heterocycles. The summed E-state index contributed by atoms with van der Waals surface area (Å²) in [5, 5.41) is 26.7. The quantitative estimate of drug-likeness (QED) is 0.560. The number of anilines is 1. The average molecular weight is 325 g/mol. The van der Waals surface area contributed by atoms with Crippen molar-refractivity contribution in [2.75, 3.05) is 19.3 Å². The maximum Gasteiger partial charge on any atom is 0.299 e. The van der Waals surface area contributed by atoms with E-state index in [9.17, 15) is 10.2 Å². The van der Waals surface area contributed by atoms with Gasteiger partial charge in [-0.1, -0.05) is 48.5 Å². The zero-order valence-electron chi connectivity index (χ0n) is 13.6. The number of ether oxygens (including phenoxy) is 1. The number of fused-ring (bicyclic) bond motifs is 6. The summed E-state index contributed by atoms with van der Waals surface area (Å²) in [4.78, 5) is 5.45. The lowest BCUT2D eigenvalue weighted by Crippen LogP contribution is -2.61. The Labute approximate surface area is 139 Å². The Hall–Kier alpha value is -2.18. The maximum absolute atomic E-state index is 10.8. The van der Waals surface area contributed by atoms with E-state index in [4.69, 9.17) is 9.57 Å². The van der Waals surface area contributed by atoms with Crippen LogP contribution in [0.1, 0.15) is 5.56 Å². The molecule has 0 radical (unpaired) electrons. The van der Waals surface area contributed by atoms with E-state index in [1.54, 1.807) is 0 Å². The number of aliphatic hydroxyl groups excluding tert-OH is 1. The summed E-state index contributed by atoms with van der Waals surface area (Å²) in [5.41, 5.74) is 1.65. The first-order valence-electron chi connectivity index (χ1n) is 7.84. The van der Waals surface area contributed by atoms with Gasteiger partial charge in [0.2, 0.25) is 0 Å². The molecule has 5 nitrogen and oxygen atoms in total. The second kappa shape index (κ2) is 5.43. The van der Waals surface area contributed by atoms with Crippen LogP contribution in [-0.4, -0.2) is 36.4 Å². The summed E-state index contributed by atoms with van der Waals surface area (Å²) in [7, 11) is 2.80. The minimum Gasteiger partial charge on any atom is -0.385 e. The van der Waals surface area contributed by atoms with Crippen molar-refractivity contribution in [3.8, 4) is 0 Å². The highest BCUT2D eigenvalue weighted by atomic mass is 16.8. The van der Waals surface area contributed by atoms with Crippen LogP contribution >= 0.6 is 0 Å². The Morgan fingerprint density at radius 2 is 1.50 bits per heavy atom. The number of hydrogen-bond donors (Lipinski definition) is 2. The third kappa shape index (κ3) is 1.90. The van der Waals surface area contributed by atoms with E-state index in [-0.39, 0.29) is 6.42 Å². The van der Waals surface area contributed by atoms with Gasteiger partial charge in [-0.25, -0.2) is 0 Å². The van der Waals surface area contributed by atoms with Crippen molar-refractivity contribution in [3.05, 3.63) is 54.1 Å². The van der Waals surface area contributed by atoms with E-state index < -0.39 is 12.0 Å². The minimum absolute atomic E-state index is 0.269. The van der Waals surface area contributed by atoms with E-state index in [1.807, 2.05) is 42.5 Å². The summed E-state index contributed by atoms with van der Waals surface area (Å²) in [6.45, 7) is 0. The zero-order chi connectivity index (χ0) is 16.9.